The van der Waals surface area contributed by atoms with Gasteiger partial charge in [-0.25, -0.2) is 8.42 Å². The summed E-state index contributed by atoms with van der Waals surface area (Å²) in [5.41, 5.74) is 0. The summed E-state index contributed by atoms with van der Waals surface area (Å²) in [6.45, 7) is 0. The summed E-state index contributed by atoms with van der Waals surface area (Å²) in [5, 5.41) is 25.8. The average molecular weight is 304 g/mol. The Labute approximate surface area is 112 Å². The molecule has 0 unspecified atom stereocenters. The first-order valence-corrected chi connectivity index (χ1v) is 7.03. The number of carboxylic acids is 2. The van der Waals surface area contributed by atoms with Gasteiger partial charge in [-0.05, 0) is 12.1 Å². The number of carbonyl (C=O) groups is 2. The van der Waals surface area contributed by atoms with Crippen molar-refractivity contribution in [3.63, 3.8) is 0 Å². The van der Waals surface area contributed by atoms with Gasteiger partial charge in [0.2, 0.25) is 0 Å². The molecule has 0 saturated carbocycles. The molecule has 1 atom stereocenters. The molecule has 1 aromatic rings. The fourth-order valence-electron chi connectivity index (χ4n) is 1.12. The van der Waals surface area contributed by atoms with Crippen molar-refractivity contribution in [2.75, 3.05) is 0 Å². The van der Waals surface area contributed by atoms with Gasteiger partial charge in [0.25, 0.3) is 10.0 Å². The lowest BCUT2D eigenvalue weighted by Gasteiger charge is -2.11. The largest absolute Gasteiger partial charge is 0.481 e. The lowest BCUT2D eigenvalue weighted by molar-refractivity contribution is -0.145. The normalized spacial score (nSPS) is 12.6. The second-order valence-corrected chi connectivity index (χ2v) is 6.37. The Morgan fingerprint density at radius 3 is 2.47 bits per heavy atom. The lowest BCUT2D eigenvalue weighted by atomic mass is 10.2. The zero-order valence-electron chi connectivity index (χ0n) is 9.23. The Morgan fingerprint density at radius 1 is 1.42 bits per heavy atom. The first-order chi connectivity index (χ1) is 8.76. The average Bonchev–Trinajstić information content (AvgIpc) is 2.76. The van der Waals surface area contributed by atoms with Gasteiger partial charge in [-0.15, -0.1) is 11.3 Å². The van der Waals surface area contributed by atoms with Crippen molar-refractivity contribution in [3.05, 3.63) is 17.0 Å². The van der Waals surface area contributed by atoms with Crippen molar-refractivity contribution >= 4 is 33.3 Å². The number of carboxylic acid groups (broad SMARTS) is 2. The van der Waals surface area contributed by atoms with E-state index in [9.17, 15) is 18.0 Å². The minimum atomic E-state index is -4.17. The van der Waals surface area contributed by atoms with Crippen LogP contribution in [0, 0.1) is 11.3 Å². The first kappa shape index (κ1) is 15.1. The van der Waals surface area contributed by atoms with Crippen LogP contribution in [0.3, 0.4) is 0 Å². The van der Waals surface area contributed by atoms with E-state index in [-0.39, 0.29) is 9.09 Å². The van der Waals surface area contributed by atoms with Crippen LogP contribution in [0.4, 0.5) is 0 Å². The van der Waals surface area contributed by atoms with Gasteiger partial charge in [-0.2, -0.15) is 9.98 Å². The predicted molar refractivity (Wildman–Crippen MR) is 63.0 cm³/mol. The maximum Gasteiger partial charge on any atom is 0.322 e. The molecule has 0 bridgehead atoms. The van der Waals surface area contributed by atoms with Crippen LogP contribution in [0.5, 0.6) is 0 Å². The third-order valence-corrected chi connectivity index (χ3v) is 4.88. The number of aliphatic carboxylic acids is 2. The van der Waals surface area contributed by atoms with E-state index in [0.717, 1.165) is 6.07 Å². The van der Waals surface area contributed by atoms with E-state index in [2.05, 4.69) is 0 Å². The van der Waals surface area contributed by atoms with Crippen LogP contribution in [-0.4, -0.2) is 36.6 Å². The van der Waals surface area contributed by atoms with Gasteiger partial charge in [-0.3, -0.25) is 9.59 Å². The van der Waals surface area contributed by atoms with Gasteiger partial charge in [0.15, 0.2) is 0 Å². The molecule has 0 aliphatic carbocycles. The minimum absolute atomic E-state index is 0.144. The van der Waals surface area contributed by atoms with E-state index in [0.29, 0.717) is 11.3 Å². The molecule has 0 saturated heterocycles. The Morgan fingerprint density at radius 2 is 2.05 bits per heavy atom. The molecule has 1 heterocycles. The Hall–Kier alpha value is -1.96. The summed E-state index contributed by atoms with van der Waals surface area (Å²) < 4.78 is 25.1. The molecule has 1 aromatic heterocycles. The van der Waals surface area contributed by atoms with Gasteiger partial charge in [-0.1, -0.05) is 0 Å². The molecule has 102 valence electrons. The fourth-order valence-corrected chi connectivity index (χ4v) is 3.43. The lowest BCUT2D eigenvalue weighted by Crippen LogP contribution is -2.41. The molecule has 0 aliphatic heterocycles. The Balaban J connectivity index is 2.97. The fraction of sp³-hybridized carbons (Fsp3) is 0.222. The second-order valence-electron chi connectivity index (χ2n) is 3.34. The molecule has 0 radical (unpaired) electrons. The van der Waals surface area contributed by atoms with Crippen LogP contribution in [0.1, 0.15) is 11.3 Å². The molecule has 3 N–H and O–H groups in total. The summed E-state index contributed by atoms with van der Waals surface area (Å²) in [7, 11) is -4.17. The van der Waals surface area contributed by atoms with E-state index < -0.39 is 34.4 Å². The van der Waals surface area contributed by atoms with E-state index in [1.54, 1.807) is 10.8 Å². The second kappa shape index (κ2) is 5.79. The number of rotatable bonds is 6. The van der Waals surface area contributed by atoms with Crippen molar-refractivity contribution in [3.8, 4) is 6.07 Å². The third-order valence-electron chi connectivity index (χ3n) is 1.93. The smallest absolute Gasteiger partial charge is 0.322 e. The Kier molecular flexibility index (Phi) is 4.60. The predicted octanol–water partition coefficient (Wildman–Crippen LogP) is -0.174. The van der Waals surface area contributed by atoms with Gasteiger partial charge >= 0.3 is 11.9 Å². The summed E-state index contributed by atoms with van der Waals surface area (Å²) in [5.74, 6) is -3.04. The molecule has 0 amide bonds. The standard InChI is InChI=1S/C9H8N2O6S2/c10-4-5-1-2-8(18-5)19(16,17)11-6(9(14)15)3-7(12)13/h1-2,6,11H,3H2,(H,12,13)(H,14,15)/t6-/m0/s1. The van der Waals surface area contributed by atoms with Gasteiger partial charge in [0, 0.05) is 0 Å². The molecule has 0 aliphatic rings. The summed E-state index contributed by atoms with van der Waals surface area (Å²) in [6.07, 6.45) is -0.884. The van der Waals surface area contributed by atoms with Crippen molar-refractivity contribution in [2.45, 2.75) is 16.7 Å². The van der Waals surface area contributed by atoms with E-state index >= 15 is 0 Å². The van der Waals surface area contributed by atoms with Crippen LogP contribution in [-0.2, 0) is 19.6 Å². The molecular weight excluding hydrogens is 296 g/mol. The highest BCUT2D eigenvalue weighted by Crippen LogP contribution is 2.21. The van der Waals surface area contributed by atoms with Gasteiger partial charge in [0.05, 0.1) is 6.42 Å². The molecule has 19 heavy (non-hydrogen) atoms. The molecule has 0 aromatic carbocycles. The zero-order valence-corrected chi connectivity index (χ0v) is 10.9. The maximum atomic E-state index is 11.8. The molecular formula is C9H8N2O6S2. The maximum absolute atomic E-state index is 11.8. The monoisotopic (exact) mass is 304 g/mol. The highest BCUT2D eigenvalue weighted by molar-refractivity contribution is 7.91. The Bertz CT molecular complexity index is 642. The minimum Gasteiger partial charge on any atom is -0.481 e. The van der Waals surface area contributed by atoms with Crippen molar-refractivity contribution in [1.82, 2.24) is 4.72 Å². The topological polar surface area (TPSA) is 145 Å². The number of thiophene rings is 1. The van der Waals surface area contributed by atoms with E-state index in [1.807, 2.05) is 0 Å². The number of sulfonamides is 1. The van der Waals surface area contributed by atoms with Gasteiger partial charge in [0.1, 0.15) is 21.2 Å². The molecule has 8 nitrogen and oxygen atoms in total. The molecule has 0 spiro atoms. The van der Waals surface area contributed by atoms with Crippen LogP contribution >= 0.6 is 11.3 Å². The number of hydrogen-bond acceptors (Lipinski definition) is 6. The van der Waals surface area contributed by atoms with Crippen molar-refractivity contribution in [2.24, 2.45) is 0 Å². The summed E-state index contributed by atoms with van der Waals surface area (Å²) >= 11 is 0.660. The first-order valence-electron chi connectivity index (χ1n) is 4.73. The van der Waals surface area contributed by atoms with E-state index in [4.69, 9.17) is 15.5 Å². The quantitative estimate of drug-likeness (QED) is 0.661. The molecule has 10 heteroatoms. The highest BCUT2D eigenvalue weighted by Gasteiger charge is 2.28. The summed E-state index contributed by atoms with van der Waals surface area (Å²) in [6, 6.07) is 2.39. The highest BCUT2D eigenvalue weighted by atomic mass is 32.2. The van der Waals surface area contributed by atoms with Crippen LogP contribution in [0.15, 0.2) is 16.3 Å². The molecule has 1 rings (SSSR count). The molecule has 0 fully saturated rings. The number of nitriles is 1. The zero-order chi connectivity index (χ0) is 14.6. The SMILES string of the molecule is N#Cc1ccc(S(=O)(=O)N[C@@H](CC(=O)O)C(=O)O)s1. The van der Waals surface area contributed by atoms with Crippen LogP contribution in [0.2, 0.25) is 0 Å². The van der Waals surface area contributed by atoms with E-state index in [1.165, 1.54) is 6.07 Å². The van der Waals surface area contributed by atoms with Crippen LogP contribution in [0.25, 0.3) is 0 Å². The number of hydrogen-bond donors (Lipinski definition) is 3. The number of nitrogens with one attached hydrogen (secondary N) is 1. The van der Waals surface area contributed by atoms with Crippen LogP contribution < -0.4 is 4.72 Å². The summed E-state index contributed by atoms with van der Waals surface area (Å²) in [4.78, 5) is 21.4. The van der Waals surface area contributed by atoms with Gasteiger partial charge < -0.3 is 10.2 Å². The number of nitrogens with zero attached hydrogens (tertiary/aromatic N) is 1. The third kappa shape index (κ3) is 4.02. The van der Waals surface area contributed by atoms with Crippen molar-refractivity contribution < 1.29 is 28.2 Å². The van der Waals surface area contributed by atoms with Crippen molar-refractivity contribution in [1.29, 1.82) is 5.26 Å².